The molecule has 130 valence electrons. The number of anilines is 1. The number of amides is 3. The van der Waals surface area contributed by atoms with Gasteiger partial charge in [0.15, 0.2) is 0 Å². The van der Waals surface area contributed by atoms with Crippen molar-refractivity contribution >= 4 is 33.2 Å². The monoisotopic (exact) mass is 351 g/mol. The molecule has 1 aliphatic rings. The minimum absolute atomic E-state index is 0.0675. The largest absolute Gasteiger partial charge is 0.337 e. The summed E-state index contributed by atoms with van der Waals surface area (Å²) in [5.74, 6) is -0.259. The summed E-state index contributed by atoms with van der Waals surface area (Å²) < 4.78 is 26.7. The summed E-state index contributed by atoms with van der Waals surface area (Å²) >= 11 is 0. The molecule has 0 unspecified atom stereocenters. The molecule has 0 saturated carbocycles. The van der Waals surface area contributed by atoms with Crippen LogP contribution in [0.3, 0.4) is 0 Å². The number of unbranched alkanes of at least 4 members (excludes halogenated alkanes) is 1. The van der Waals surface area contributed by atoms with Gasteiger partial charge >= 0.3 is 6.03 Å². The maximum atomic E-state index is 12.3. The Morgan fingerprint density at radius 3 is 2.58 bits per heavy atom. The van der Waals surface area contributed by atoms with Crippen molar-refractivity contribution < 1.29 is 18.0 Å². The van der Waals surface area contributed by atoms with Crippen molar-refractivity contribution in [1.82, 2.24) is 10.0 Å². The molecule has 1 heterocycles. The van der Waals surface area contributed by atoms with Crippen LogP contribution >= 0.6 is 0 Å². The van der Waals surface area contributed by atoms with Crippen molar-refractivity contribution in [2.75, 3.05) is 11.9 Å². The minimum Gasteiger partial charge on any atom is -0.337 e. The predicted octanol–water partition coefficient (Wildman–Crippen LogP) is 2.22. The molecule has 2 rings (SSSR count). The number of carbonyl (C=O) groups is 2. The molecule has 0 saturated heterocycles. The highest BCUT2D eigenvalue weighted by atomic mass is 32.2. The van der Waals surface area contributed by atoms with Crippen LogP contribution in [-0.2, 0) is 14.8 Å². The van der Waals surface area contributed by atoms with Gasteiger partial charge in [0, 0.05) is 23.4 Å². The van der Waals surface area contributed by atoms with Gasteiger partial charge in [-0.15, -0.1) is 0 Å². The molecule has 1 aromatic carbocycles. The van der Waals surface area contributed by atoms with Gasteiger partial charge in [0.2, 0.25) is 0 Å². The Balaban J connectivity index is 2.26. The molecule has 0 bridgehead atoms. The summed E-state index contributed by atoms with van der Waals surface area (Å²) in [7, 11) is -4.01. The highest BCUT2D eigenvalue weighted by Crippen LogP contribution is 2.35. The van der Waals surface area contributed by atoms with Crippen LogP contribution in [0.5, 0.6) is 0 Å². The van der Waals surface area contributed by atoms with Crippen LogP contribution in [0.4, 0.5) is 10.5 Å². The number of urea groups is 1. The van der Waals surface area contributed by atoms with E-state index < -0.39 is 16.1 Å². The van der Waals surface area contributed by atoms with E-state index in [0.29, 0.717) is 23.4 Å². The van der Waals surface area contributed by atoms with Crippen LogP contribution < -0.4 is 15.4 Å². The van der Waals surface area contributed by atoms with Crippen LogP contribution in [0.1, 0.15) is 39.2 Å². The maximum absolute atomic E-state index is 12.3. The number of hydrogen-bond acceptors (Lipinski definition) is 4. The number of hydrogen-bond donors (Lipinski definition) is 3. The molecule has 0 aliphatic carbocycles. The third-order valence-electron chi connectivity index (χ3n) is 3.59. The highest BCUT2D eigenvalue weighted by Gasteiger charge is 2.27. The van der Waals surface area contributed by atoms with E-state index in [4.69, 9.17) is 0 Å². The maximum Gasteiger partial charge on any atom is 0.328 e. The fourth-order valence-electron chi connectivity index (χ4n) is 2.41. The molecule has 0 aromatic heterocycles. The van der Waals surface area contributed by atoms with Crippen LogP contribution in [0.25, 0.3) is 5.57 Å². The van der Waals surface area contributed by atoms with E-state index in [9.17, 15) is 18.0 Å². The van der Waals surface area contributed by atoms with E-state index in [1.165, 1.54) is 18.2 Å². The van der Waals surface area contributed by atoms with Crippen LogP contribution in [0.2, 0.25) is 0 Å². The van der Waals surface area contributed by atoms with Crippen LogP contribution in [0.15, 0.2) is 28.7 Å². The molecule has 0 atom stereocenters. The highest BCUT2D eigenvalue weighted by molar-refractivity contribution is 7.90. The fraction of sp³-hybridized carbons (Fsp3) is 0.375. The SMILES string of the molecule is CCCCNC(=O)NS(=O)(=O)c1ccc2c(c1)C(=C(C)C)C(=O)N2. The van der Waals surface area contributed by atoms with Crippen LogP contribution in [-0.4, -0.2) is 26.9 Å². The first-order valence-electron chi connectivity index (χ1n) is 7.70. The lowest BCUT2D eigenvalue weighted by atomic mass is 10.0. The molecule has 0 radical (unpaired) electrons. The zero-order chi connectivity index (χ0) is 17.9. The van der Waals surface area contributed by atoms with Crippen molar-refractivity contribution in [1.29, 1.82) is 0 Å². The summed E-state index contributed by atoms with van der Waals surface area (Å²) in [5, 5.41) is 5.18. The summed E-state index contributed by atoms with van der Waals surface area (Å²) in [6.07, 6.45) is 1.66. The molecule has 3 amide bonds. The van der Waals surface area contributed by atoms with Gasteiger partial charge in [-0.3, -0.25) is 4.79 Å². The second kappa shape index (κ2) is 7.04. The average Bonchev–Trinajstić information content (AvgIpc) is 2.81. The quantitative estimate of drug-likeness (QED) is 0.559. The number of benzene rings is 1. The summed E-state index contributed by atoms with van der Waals surface area (Å²) in [4.78, 5) is 23.6. The lowest BCUT2D eigenvalue weighted by Crippen LogP contribution is -2.39. The first-order valence-corrected chi connectivity index (χ1v) is 9.18. The van der Waals surface area contributed by atoms with E-state index >= 15 is 0 Å². The predicted molar refractivity (Wildman–Crippen MR) is 92.0 cm³/mol. The number of carbonyl (C=O) groups excluding carboxylic acids is 2. The lowest BCUT2D eigenvalue weighted by molar-refractivity contribution is -0.110. The van der Waals surface area contributed by atoms with Gasteiger partial charge in [-0.1, -0.05) is 18.9 Å². The molecule has 1 aliphatic heterocycles. The van der Waals surface area contributed by atoms with E-state index in [1.807, 2.05) is 11.6 Å². The zero-order valence-corrected chi connectivity index (χ0v) is 14.7. The first kappa shape index (κ1) is 18.0. The van der Waals surface area contributed by atoms with Gasteiger partial charge in [-0.2, -0.15) is 0 Å². The van der Waals surface area contributed by atoms with Gasteiger partial charge in [0.25, 0.3) is 15.9 Å². The van der Waals surface area contributed by atoms with Crippen molar-refractivity contribution in [3.8, 4) is 0 Å². The second-order valence-electron chi connectivity index (χ2n) is 5.75. The van der Waals surface area contributed by atoms with Crippen molar-refractivity contribution in [3.05, 3.63) is 29.3 Å². The number of allylic oxidation sites excluding steroid dienone is 1. The Hall–Kier alpha value is -2.35. The van der Waals surface area contributed by atoms with Crippen molar-refractivity contribution in [3.63, 3.8) is 0 Å². The van der Waals surface area contributed by atoms with Crippen molar-refractivity contribution in [2.24, 2.45) is 0 Å². The Morgan fingerprint density at radius 2 is 1.96 bits per heavy atom. The number of sulfonamides is 1. The Kier molecular flexibility index (Phi) is 5.28. The second-order valence-corrected chi connectivity index (χ2v) is 7.43. The number of nitrogens with one attached hydrogen (secondary N) is 3. The number of fused-ring (bicyclic) bond motifs is 1. The molecule has 7 nitrogen and oxygen atoms in total. The van der Waals surface area contributed by atoms with E-state index in [-0.39, 0.29) is 10.8 Å². The van der Waals surface area contributed by atoms with Crippen LogP contribution in [0, 0.1) is 0 Å². The number of rotatable bonds is 5. The molecule has 24 heavy (non-hydrogen) atoms. The van der Waals surface area contributed by atoms with Gasteiger partial charge in [0.05, 0.1) is 4.90 Å². The average molecular weight is 351 g/mol. The third kappa shape index (κ3) is 3.76. The van der Waals surface area contributed by atoms with E-state index in [0.717, 1.165) is 18.4 Å². The van der Waals surface area contributed by atoms with E-state index in [2.05, 4.69) is 10.6 Å². The summed E-state index contributed by atoms with van der Waals surface area (Å²) in [5.41, 5.74) is 2.32. The van der Waals surface area contributed by atoms with Gasteiger partial charge in [-0.05, 0) is 38.5 Å². The minimum atomic E-state index is -4.01. The van der Waals surface area contributed by atoms with E-state index in [1.54, 1.807) is 13.8 Å². The molecular weight excluding hydrogens is 330 g/mol. The lowest BCUT2D eigenvalue weighted by Gasteiger charge is -2.09. The normalized spacial score (nSPS) is 13.3. The molecular formula is C16H21N3O4S. The Morgan fingerprint density at radius 1 is 1.25 bits per heavy atom. The Labute approximate surface area is 141 Å². The third-order valence-corrected chi connectivity index (χ3v) is 4.92. The smallest absolute Gasteiger partial charge is 0.328 e. The molecule has 8 heteroatoms. The fourth-order valence-corrected chi connectivity index (χ4v) is 3.36. The summed E-state index contributed by atoms with van der Waals surface area (Å²) in [6, 6.07) is 3.51. The standard InChI is InChI=1S/C16H21N3O4S/c1-4-5-8-17-16(21)19-24(22,23)11-6-7-13-12(9-11)14(10(2)3)15(20)18-13/h6-7,9H,4-5,8H2,1-3H3,(H,18,20)(H2,17,19,21). The van der Waals surface area contributed by atoms with Gasteiger partial charge in [-0.25, -0.2) is 17.9 Å². The Bertz CT molecular complexity index is 809. The zero-order valence-electron chi connectivity index (χ0n) is 13.9. The van der Waals surface area contributed by atoms with Crippen molar-refractivity contribution in [2.45, 2.75) is 38.5 Å². The molecule has 0 fully saturated rings. The van der Waals surface area contributed by atoms with Gasteiger partial charge < -0.3 is 10.6 Å². The molecule has 1 aromatic rings. The molecule has 3 N–H and O–H groups in total. The molecule has 0 spiro atoms. The van der Waals surface area contributed by atoms with Gasteiger partial charge in [0.1, 0.15) is 0 Å². The topological polar surface area (TPSA) is 104 Å². The first-order chi connectivity index (χ1) is 11.3. The summed E-state index contributed by atoms with van der Waals surface area (Å²) in [6.45, 7) is 5.94.